The first-order valence-electron chi connectivity index (χ1n) is 10.8. The van der Waals surface area contributed by atoms with Gasteiger partial charge in [0.2, 0.25) is 0 Å². The minimum atomic E-state index is -0.402. The summed E-state index contributed by atoms with van der Waals surface area (Å²) in [4.78, 5) is 30.0. The summed E-state index contributed by atoms with van der Waals surface area (Å²) < 4.78 is 20.2. The number of morpholine rings is 1. The van der Waals surface area contributed by atoms with Crippen molar-refractivity contribution in [1.29, 1.82) is 0 Å². The van der Waals surface area contributed by atoms with Crippen molar-refractivity contribution in [1.82, 2.24) is 15.1 Å². The standard InChI is InChI=1S/C22H33FN4O3/c1-16(2)14-25-10-11-30-19(15-25)13-24-22(29)27-8-6-26(7-9-27)21-5-4-18(17(3)28)12-20(21)23/h4-5,12,16,19H,6-11,13-15H2,1-3H3,(H,24,29)/t19-/m0/s1. The Morgan fingerprint density at radius 3 is 2.57 bits per heavy atom. The molecule has 8 heteroatoms. The second-order valence-electron chi connectivity index (χ2n) is 8.53. The van der Waals surface area contributed by atoms with Gasteiger partial charge < -0.3 is 19.9 Å². The molecule has 2 fully saturated rings. The number of carbonyl (C=O) groups is 2. The zero-order valence-corrected chi connectivity index (χ0v) is 18.2. The molecule has 30 heavy (non-hydrogen) atoms. The van der Waals surface area contributed by atoms with E-state index in [4.69, 9.17) is 4.74 Å². The molecule has 7 nitrogen and oxygen atoms in total. The third-order valence-corrected chi connectivity index (χ3v) is 5.59. The van der Waals surface area contributed by atoms with Crippen molar-refractivity contribution in [3.63, 3.8) is 0 Å². The van der Waals surface area contributed by atoms with Gasteiger partial charge in [0.05, 0.1) is 18.4 Å². The molecule has 0 aliphatic carbocycles. The van der Waals surface area contributed by atoms with Crippen LogP contribution in [0.1, 0.15) is 31.1 Å². The van der Waals surface area contributed by atoms with Crippen LogP contribution in [-0.4, -0.2) is 86.7 Å². The summed E-state index contributed by atoms with van der Waals surface area (Å²) in [5.74, 6) is 0.0513. The third kappa shape index (κ3) is 5.92. The molecule has 1 aromatic rings. The predicted molar refractivity (Wildman–Crippen MR) is 115 cm³/mol. The van der Waals surface area contributed by atoms with Crippen LogP contribution >= 0.6 is 0 Å². The molecule has 1 atom stereocenters. The fraction of sp³-hybridized carbons (Fsp3) is 0.636. The summed E-state index contributed by atoms with van der Waals surface area (Å²) in [6.07, 6.45) is 0.0108. The number of ether oxygens (including phenoxy) is 1. The minimum Gasteiger partial charge on any atom is -0.374 e. The SMILES string of the molecule is CC(=O)c1ccc(N2CCN(C(=O)NC[C@H]3CN(CC(C)C)CCO3)CC2)c(F)c1. The number of anilines is 1. The fourth-order valence-electron chi connectivity index (χ4n) is 4.03. The summed E-state index contributed by atoms with van der Waals surface area (Å²) in [7, 11) is 0. The van der Waals surface area contributed by atoms with Gasteiger partial charge in [-0.25, -0.2) is 9.18 Å². The van der Waals surface area contributed by atoms with Crippen LogP contribution in [0.25, 0.3) is 0 Å². The monoisotopic (exact) mass is 420 g/mol. The van der Waals surface area contributed by atoms with Gasteiger partial charge in [0.25, 0.3) is 0 Å². The number of Topliss-reactive ketones (excluding diaryl/α,β-unsaturated/α-hetero) is 1. The summed E-state index contributed by atoms with van der Waals surface area (Å²) >= 11 is 0. The number of hydrogen-bond donors (Lipinski definition) is 1. The second-order valence-corrected chi connectivity index (χ2v) is 8.53. The van der Waals surface area contributed by atoms with E-state index in [1.165, 1.54) is 13.0 Å². The van der Waals surface area contributed by atoms with Gasteiger partial charge >= 0.3 is 6.03 Å². The molecule has 2 aliphatic rings. The Kier molecular flexibility index (Phi) is 7.66. The van der Waals surface area contributed by atoms with Crippen LogP contribution in [0, 0.1) is 11.7 Å². The lowest BCUT2D eigenvalue weighted by Gasteiger charge is -2.37. The molecule has 166 valence electrons. The fourth-order valence-corrected chi connectivity index (χ4v) is 4.03. The molecule has 2 heterocycles. The Balaban J connectivity index is 1.45. The molecular weight excluding hydrogens is 387 g/mol. The Bertz CT molecular complexity index is 750. The summed E-state index contributed by atoms with van der Waals surface area (Å²) in [6, 6.07) is 4.47. The van der Waals surface area contributed by atoms with Crippen molar-refractivity contribution in [2.45, 2.75) is 26.9 Å². The van der Waals surface area contributed by atoms with E-state index in [1.807, 2.05) is 4.90 Å². The van der Waals surface area contributed by atoms with Crippen molar-refractivity contribution in [3.8, 4) is 0 Å². The van der Waals surface area contributed by atoms with E-state index < -0.39 is 5.82 Å². The van der Waals surface area contributed by atoms with Crippen LogP contribution in [0.2, 0.25) is 0 Å². The highest BCUT2D eigenvalue weighted by Gasteiger charge is 2.25. The first kappa shape index (κ1) is 22.5. The maximum absolute atomic E-state index is 14.4. The van der Waals surface area contributed by atoms with E-state index in [0.717, 1.165) is 19.6 Å². The number of nitrogens with one attached hydrogen (secondary N) is 1. The largest absolute Gasteiger partial charge is 0.374 e. The maximum atomic E-state index is 14.4. The Hall–Kier alpha value is -2.19. The van der Waals surface area contributed by atoms with Gasteiger partial charge in [0, 0.05) is 57.9 Å². The lowest BCUT2D eigenvalue weighted by atomic mass is 10.1. The zero-order chi connectivity index (χ0) is 21.7. The first-order valence-corrected chi connectivity index (χ1v) is 10.8. The van der Waals surface area contributed by atoms with E-state index in [2.05, 4.69) is 24.1 Å². The van der Waals surface area contributed by atoms with Gasteiger partial charge in [-0.05, 0) is 31.0 Å². The molecule has 0 saturated carbocycles. The van der Waals surface area contributed by atoms with Crippen molar-refractivity contribution in [2.24, 2.45) is 5.92 Å². The molecule has 1 aromatic carbocycles. The number of carbonyl (C=O) groups excluding carboxylic acids is 2. The number of urea groups is 1. The number of nitrogens with zero attached hydrogens (tertiary/aromatic N) is 3. The van der Waals surface area contributed by atoms with Crippen molar-refractivity contribution < 1.29 is 18.7 Å². The van der Waals surface area contributed by atoms with Crippen LogP contribution in [0.15, 0.2) is 18.2 Å². The normalized spacial score (nSPS) is 20.5. The molecule has 3 rings (SSSR count). The number of benzene rings is 1. The number of ketones is 1. The maximum Gasteiger partial charge on any atom is 0.317 e. The lowest BCUT2D eigenvalue weighted by Crippen LogP contribution is -2.54. The molecule has 2 amide bonds. The van der Waals surface area contributed by atoms with Crippen LogP contribution in [0.4, 0.5) is 14.9 Å². The van der Waals surface area contributed by atoms with E-state index >= 15 is 0 Å². The highest BCUT2D eigenvalue weighted by Crippen LogP contribution is 2.22. The number of halogens is 1. The topological polar surface area (TPSA) is 65.1 Å². The van der Waals surface area contributed by atoms with Crippen LogP contribution in [0.3, 0.4) is 0 Å². The molecule has 2 aliphatic heterocycles. The minimum absolute atomic E-state index is 0.0108. The number of rotatable bonds is 6. The zero-order valence-electron chi connectivity index (χ0n) is 18.2. The van der Waals surface area contributed by atoms with Gasteiger partial charge in [-0.3, -0.25) is 9.69 Å². The lowest BCUT2D eigenvalue weighted by molar-refractivity contribution is -0.0294. The average Bonchev–Trinajstić information content (AvgIpc) is 2.72. The molecule has 0 spiro atoms. The van der Waals surface area contributed by atoms with Gasteiger partial charge in [-0.1, -0.05) is 13.8 Å². The number of piperazine rings is 1. The van der Waals surface area contributed by atoms with E-state index in [-0.39, 0.29) is 17.9 Å². The van der Waals surface area contributed by atoms with Crippen LogP contribution < -0.4 is 10.2 Å². The highest BCUT2D eigenvalue weighted by atomic mass is 19.1. The summed E-state index contributed by atoms with van der Waals surface area (Å²) in [5, 5.41) is 2.99. The van der Waals surface area contributed by atoms with Crippen LogP contribution in [-0.2, 0) is 4.74 Å². The van der Waals surface area contributed by atoms with Crippen molar-refractivity contribution in [3.05, 3.63) is 29.6 Å². The predicted octanol–water partition coefficient (Wildman–Crippen LogP) is 2.22. The first-order chi connectivity index (χ1) is 14.3. The highest BCUT2D eigenvalue weighted by molar-refractivity contribution is 5.94. The molecule has 0 unspecified atom stereocenters. The van der Waals surface area contributed by atoms with Gasteiger partial charge in [0.15, 0.2) is 5.78 Å². The van der Waals surface area contributed by atoms with Crippen molar-refractivity contribution >= 4 is 17.5 Å². The van der Waals surface area contributed by atoms with E-state index in [1.54, 1.807) is 17.0 Å². The molecule has 0 radical (unpaired) electrons. The summed E-state index contributed by atoms with van der Waals surface area (Å²) in [6.45, 7) is 12.0. The number of amides is 2. The van der Waals surface area contributed by atoms with E-state index in [0.29, 0.717) is 56.5 Å². The second kappa shape index (κ2) is 10.2. The van der Waals surface area contributed by atoms with Gasteiger partial charge in [-0.2, -0.15) is 0 Å². The molecule has 0 aromatic heterocycles. The van der Waals surface area contributed by atoms with E-state index in [9.17, 15) is 14.0 Å². The Labute approximate surface area is 178 Å². The molecular formula is C22H33FN4O3. The Morgan fingerprint density at radius 1 is 1.20 bits per heavy atom. The molecule has 2 saturated heterocycles. The van der Waals surface area contributed by atoms with Gasteiger partial charge in [-0.15, -0.1) is 0 Å². The Morgan fingerprint density at radius 2 is 1.93 bits per heavy atom. The molecule has 1 N–H and O–H groups in total. The number of hydrogen-bond acceptors (Lipinski definition) is 5. The summed E-state index contributed by atoms with van der Waals surface area (Å²) in [5.41, 5.74) is 0.840. The van der Waals surface area contributed by atoms with Crippen LogP contribution in [0.5, 0.6) is 0 Å². The van der Waals surface area contributed by atoms with Crippen molar-refractivity contribution in [2.75, 3.05) is 63.9 Å². The molecule has 0 bridgehead atoms. The third-order valence-electron chi connectivity index (χ3n) is 5.59. The average molecular weight is 421 g/mol. The smallest absolute Gasteiger partial charge is 0.317 e. The van der Waals surface area contributed by atoms with Gasteiger partial charge in [0.1, 0.15) is 5.82 Å². The quantitative estimate of drug-likeness (QED) is 0.715.